The van der Waals surface area contributed by atoms with Crippen molar-refractivity contribution in [3.05, 3.63) is 82.6 Å². The third-order valence-corrected chi connectivity index (χ3v) is 4.19. The highest BCUT2D eigenvalue weighted by Gasteiger charge is 2.22. The number of aromatic nitrogens is 2. The fraction of sp³-hybridized carbons (Fsp3) is 0.150. The third-order valence-electron chi connectivity index (χ3n) is 3.93. The Balaban J connectivity index is 2.00. The molecule has 0 saturated carbocycles. The lowest BCUT2D eigenvalue weighted by Gasteiger charge is -2.10. The number of rotatable bonds is 6. The van der Waals surface area contributed by atoms with Gasteiger partial charge in [-0.25, -0.2) is 14.2 Å². The molecule has 7 heteroatoms. The van der Waals surface area contributed by atoms with Crippen molar-refractivity contribution in [3.8, 4) is 5.69 Å². The van der Waals surface area contributed by atoms with E-state index in [1.807, 2.05) is 0 Å². The standard InChI is InChI=1S/C20H16ClFN2O3/c1-2-27-20(26)19-17(11-18(25)13-3-7-15(22)8-4-13)24(12-23-19)16-9-5-14(21)6-10-16/h3-10,12H,2,11H2,1H3. The van der Waals surface area contributed by atoms with Gasteiger partial charge in [0.05, 0.1) is 18.7 Å². The quantitative estimate of drug-likeness (QED) is 0.469. The van der Waals surface area contributed by atoms with Crippen LogP contribution in [0.5, 0.6) is 0 Å². The molecule has 0 aliphatic heterocycles. The van der Waals surface area contributed by atoms with E-state index in [2.05, 4.69) is 4.98 Å². The maximum absolute atomic E-state index is 13.1. The lowest BCUT2D eigenvalue weighted by molar-refractivity contribution is 0.0519. The number of carbonyl (C=O) groups is 2. The van der Waals surface area contributed by atoms with Gasteiger partial charge in [-0.15, -0.1) is 0 Å². The number of nitrogens with zero attached hydrogens (tertiary/aromatic N) is 2. The van der Waals surface area contributed by atoms with E-state index < -0.39 is 11.8 Å². The van der Waals surface area contributed by atoms with Gasteiger partial charge < -0.3 is 9.30 Å². The van der Waals surface area contributed by atoms with Crippen molar-refractivity contribution in [2.45, 2.75) is 13.3 Å². The summed E-state index contributed by atoms with van der Waals surface area (Å²) in [6.07, 6.45) is 1.37. The maximum atomic E-state index is 13.1. The van der Waals surface area contributed by atoms with Crippen LogP contribution < -0.4 is 0 Å². The molecule has 5 nitrogen and oxygen atoms in total. The fourth-order valence-corrected chi connectivity index (χ4v) is 2.75. The molecule has 0 N–H and O–H groups in total. The predicted octanol–water partition coefficient (Wildman–Crippen LogP) is 4.27. The molecule has 1 heterocycles. The lowest BCUT2D eigenvalue weighted by atomic mass is 10.1. The molecular weight excluding hydrogens is 371 g/mol. The molecular formula is C20H16ClFN2O3. The van der Waals surface area contributed by atoms with Crippen LogP contribution in [-0.2, 0) is 11.2 Å². The first kappa shape index (κ1) is 18.8. The summed E-state index contributed by atoms with van der Waals surface area (Å²) in [4.78, 5) is 29.0. The number of ketones is 1. The first-order valence-electron chi connectivity index (χ1n) is 8.27. The van der Waals surface area contributed by atoms with Crippen molar-refractivity contribution in [2.24, 2.45) is 0 Å². The molecule has 0 atom stereocenters. The van der Waals surface area contributed by atoms with Crippen LogP contribution in [0.1, 0.15) is 33.5 Å². The Morgan fingerprint density at radius 2 is 1.78 bits per heavy atom. The van der Waals surface area contributed by atoms with Gasteiger partial charge in [-0.2, -0.15) is 0 Å². The van der Waals surface area contributed by atoms with E-state index in [4.69, 9.17) is 16.3 Å². The van der Waals surface area contributed by atoms with Crippen LogP contribution in [0, 0.1) is 5.82 Å². The molecule has 0 amide bonds. The molecule has 138 valence electrons. The zero-order chi connectivity index (χ0) is 19.4. The van der Waals surface area contributed by atoms with Gasteiger partial charge in [-0.1, -0.05) is 11.6 Å². The molecule has 2 aromatic carbocycles. The molecule has 0 fully saturated rings. The molecule has 3 aromatic rings. The molecule has 0 radical (unpaired) electrons. The monoisotopic (exact) mass is 386 g/mol. The van der Waals surface area contributed by atoms with Gasteiger partial charge in [0.15, 0.2) is 11.5 Å². The molecule has 0 spiro atoms. The number of hydrogen-bond acceptors (Lipinski definition) is 4. The van der Waals surface area contributed by atoms with Crippen molar-refractivity contribution < 1.29 is 18.7 Å². The Labute approximate surface area is 160 Å². The van der Waals surface area contributed by atoms with Crippen LogP contribution >= 0.6 is 11.6 Å². The van der Waals surface area contributed by atoms with Crippen LogP contribution in [0.15, 0.2) is 54.9 Å². The zero-order valence-electron chi connectivity index (χ0n) is 14.5. The summed E-state index contributed by atoms with van der Waals surface area (Å²) in [6, 6.07) is 12.2. The molecule has 0 aliphatic carbocycles. The van der Waals surface area contributed by atoms with Crippen molar-refractivity contribution >= 4 is 23.4 Å². The third kappa shape index (κ3) is 4.23. The van der Waals surface area contributed by atoms with Crippen LogP contribution in [0.25, 0.3) is 5.69 Å². The van der Waals surface area contributed by atoms with E-state index in [1.165, 1.54) is 30.6 Å². The summed E-state index contributed by atoms with van der Waals surface area (Å²) in [7, 11) is 0. The van der Waals surface area contributed by atoms with Gasteiger partial charge in [0.1, 0.15) is 12.1 Å². The second kappa shape index (κ2) is 8.14. The minimum atomic E-state index is -0.605. The Morgan fingerprint density at radius 3 is 2.41 bits per heavy atom. The van der Waals surface area contributed by atoms with Crippen molar-refractivity contribution in [1.82, 2.24) is 9.55 Å². The topological polar surface area (TPSA) is 61.2 Å². The van der Waals surface area contributed by atoms with E-state index in [9.17, 15) is 14.0 Å². The highest BCUT2D eigenvalue weighted by atomic mass is 35.5. The van der Waals surface area contributed by atoms with Gasteiger partial charge in [-0.05, 0) is 55.5 Å². The fourth-order valence-electron chi connectivity index (χ4n) is 2.63. The minimum absolute atomic E-state index is 0.0715. The van der Waals surface area contributed by atoms with Gasteiger partial charge >= 0.3 is 5.97 Å². The number of esters is 1. The summed E-state index contributed by atoms with van der Waals surface area (Å²) in [6.45, 7) is 1.88. The minimum Gasteiger partial charge on any atom is -0.461 e. The highest BCUT2D eigenvalue weighted by molar-refractivity contribution is 6.30. The van der Waals surface area contributed by atoms with Gasteiger partial charge in [-0.3, -0.25) is 4.79 Å². The molecule has 1 aromatic heterocycles. The predicted molar refractivity (Wildman–Crippen MR) is 99.0 cm³/mol. The Bertz CT molecular complexity index is 966. The second-order valence-corrected chi connectivity index (χ2v) is 6.15. The maximum Gasteiger partial charge on any atom is 0.358 e. The van der Waals surface area contributed by atoms with Gasteiger partial charge in [0.2, 0.25) is 0 Å². The number of Topliss-reactive ketones (excluding diaryl/α,β-unsaturated/α-hetero) is 1. The molecule has 0 aliphatic rings. The first-order chi connectivity index (χ1) is 13.0. The van der Waals surface area contributed by atoms with E-state index in [1.54, 1.807) is 35.8 Å². The van der Waals surface area contributed by atoms with Crippen molar-refractivity contribution in [3.63, 3.8) is 0 Å². The Morgan fingerprint density at radius 1 is 1.11 bits per heavy atom. The molecule has 27 heavy (non-hydrogen) atoms. The molecule has 0 saturated heterocycles. The normalized spacial score (nSPS) is 10.6. The van der Waals surface area contributed by atoms with Gasteiger partial charge in [0, 0.05) is 16.3 Å². The number of ether oxygens (including phenoxy) is 1. The first-order valence-corrected chi connectivity index (χ1v) is 8.65. The summed E-state index contributed by atoms with van der Waals surface area (Å²) in [5, 5.41) is 0.563. The van der Waals surface area contributed by atoms with E-state index in [0.29, 0.717) is 22.0 Å². The highest BCUT2D eigenvalue weighted by Crippen LogP contribution is 2.20. The van der Waals surface area contributed by atoms with Crippen molar-refractivity contribution in [2.75, 3.05) is 6.61 Å². The number of imidazole rings is 1. The number of benzene rings is 2. The Kier molecular flexibility index (Phi) is 5.66. The zero-order valence-corrected chi connectivity index (χ0v) is 15.2. The SMILES string of the molecule is CCOC(=O)c1ncn(-c2ccc(Cl)cc2)c1CC(=O)c1ccc(F)cc1. The smallest absolute Gasteiger partial charge is 0.358 e. The van der Waals surface area contributed by atoms with E-state index in [0.717, 1.165) is 0 Å². The number of hydrogen-bond donors (Lipinski definition) is 0. The molecule has 0 unspecified atom stereocenters. The van der Waals surface area contributed by atoms with Gasteiger partial charge in [0.25, 0.3) is 0 Å². The van der Waals surface area contributed by atoms with E-state index in [-0.39, 0.29) is 24.5 Å². The average molecular weight is 387 g/mol. The molecule has 0 bridgehead atoms. The number of halogens is 2. The van der Waals surface area contributed by atoms with Crippen molar-refractivity contribution in [1.29, 1.82) is 0 Å². The summed E-state index contributed by atoms with van der Waals surface area (Å²) in [5.41, 5.74) is 1.51. The van der Waals surface area contributed by atoms with Crippen LogP contribution in [-0.4, -0.2) is 27.9 Å². The van der Waals surface area contributed by atoms with E-state index >= 15 is 0 Å². The second-order valence-electron chi connectivity index (χ2n) is 5.71. The lowest BCUT2D eigenvalue weighted by Crippen LogP contribution is -2.14. The average Bonchev–Trinajstić information content (AvgIpc) is 3.06. The van der Waals surface area contributed by atoms with Crippen LogP contribution in [0.2, 0.25) is 5.02 Å². The summed E-state index contributed by atoms with van der Waals surface area (Å²) >= 11 is 5.93. The van der Waals surface area contributed by atoms with Crippen LogP contribution in [0.4, 0.5) is 4.39 Å². The number of carbonyl (C=O) groups excluding carboxylic acids is 2. The summed E-state index contributed by atoms with van der Waals surface area (Å²) < 4.78 is 19.8. The largest absolute Gasteiger partial charge is 0.461 e. The summed E-state index contributed by atoms with van der Waals surface area (Å²) in [5.74, 6) is -1.30. The molecule has 3 rings (SSSR count). The van der Waals surface area contributed by atoms with Crippen LogP contribution in [0.3, 0.4) is 0 Å². The Hall–Kier alpha value is -2.99.